The van der Waals surface area contributed by atoms with E-state index < -0.39 is 18.0 Å². The van der Waals surface area contributed by atoms with Crippen LogP contribution in [0.15, 0.2) is 0 Å². The van der Waals surface area contributed by atoms with Gasteiger partial charge in [0.05, 0.1) is 0 Å². The van der Waals surface area contributed by atoms with Gasteiger partial charge in [0.25, 0.3) is 0 Å². The summed E-state index contributed by atoms with van der Waals surface area (Å²) < 4.78 is 36.4. The van der Waals surface area contributed by atoms with E-state index in [1.54, 1.807) is 6.92 Å². The molecule has 0 aliphatic heterocycles. The lowest BCUT2D eigenvalue weighted by Gasteiger charge is -2.30. The standard InChI is InChI=1S/C9H15F3.C2H6/c1-7-4-3-5-8(7,2)6-9(10,11)12;1-2/h7H,3-6H2,1-2H3;1-2H3. The lowest BCUT2D eigenvalue weighted by Crippen LogP contribution is -2.27. The zero-order valence-electron chi connectivity index (χ0n) is 9.54. The van der Waals surface area contributed by atoms with Crippen LogP contribution in [0.4, 0.5) is 13.2 Å². The van der Waals surface area contributed by atoms with Gasteiger partial charge in [-0.3, -0.25) is 0 Å². The Labute approximate surface area is 84.9 Å². The topological polar surface area (TPSA) is 0 Å². The minimum Gasteiger partial charge on any atom is -0.171 e. The van der Waals surface area contributed by atoms with E-state index in [4.69, 9.17) is 0 Å². The van der Waals surface area contributed by atoms with Crippen molar-refractivity contribution in [3.05, 3.63) is 0 Å². The van der Waals surface area contributed by atoms with Crippen LogP contribution in [0.3, 0.4) is 0 Å². The van der Waals surface area contributed by atoms with E-state index in [9.17, 15) is 13.2 Å². The zero-order chi connectivity index (χ0) is 11.4. The summed E-state index contributed by atoms with van der Waals surface area (Å²) in [5, 5.41) is 0. The van der Waals surface area contributed by atoms with Crippen LogP contribution < -0.4 is 0 Å². The van der Waals surface area contributed by atoms with Gasteiger partial charge < -0.3 is 0 Å². The summed E-state index contributed by atoms with van der Waals surface area (Å²) in [6.45, 7) is 7.69. The minimum atomic E-state index is -3.99. The molecule has 1 aliphatic rings. The highest BCUT2D eigenvalue weighted by Crippen LogP contribution is 2.49. The van der Waals surface area contributed by atoms with Gasteiger partial charge in [0.15, 0.2) is 0 Å². The Morgan fingerprint density at radius 2 is 1.79 bits per heavy atom. The van der Waals surface area contributed by atoms with Crippen molar-refractivity contribution in [2.45, 2.75) is 59.6 Å². The molecule has 0 spiro atoms. The van der Waals surface area contributed by atoms with E-state index in [0.29, 0.717) is 0 Å². The molecule has 0 amide bonds. The highest BCUT2D eigenvalue weighted by molar-refractivity contribution is 4.87. The average molecular weight is 210 g/mol. The predicted octanol–water partition coefficient (Wildman–Crippen LogP) is 4.79. The predicted molar refractivity (Wildman–Crippen MR) is 53.1 cm³/mol. The number of rotatable bonds is 1. The third-order valence-electron chi connectivity index (χ3n) is 3.18. The minimum absolute atomic E-state index is 0.221. The second-order valence-electron chi connectivity index (χ2n) is 4.24. The van der Waals surface area contributed by atoms with Gasteiger partial charge in [-0.05, 0) is 17.8 Å². The van der Waals surface area contributed by atoms with Gasteiger partial charge in [0.1, 0.15) is 0 Å². The van der Waals surface area contributed by atoms with Crippen molar-refractivity contribution in [1.82, 2.24) is 0 Å². The normalized spacial score (nSPS) is 32.4. The molecule has 3 heteroatoms. The lowest BCUT2D eigenvalue weighted by atomic mass is 9.78. The largest absolute Gasteiger partial charge is 0.389 e. The molecule has 2 unspecified atom stereocenters. The molecule has 14 heavy (non-hydrogen) atoms. The van der Waals surface area contributed by atoms with Gasteiger partial charge in [0, 0.05) is 6.42 Å². The van der Waals surface area contributed by atoms with Gasteiger partial charge in [-0.25, -0.2) is 0 Å². The number of hydrogen-bond donors (Lipinski definition) is 0. The molecule has 2 atom stereocenters. The lowest BCUT2D eigenvalue weighted by molar-refractivity contribution is -0.160. The second-order valence-corrected chi connectivity index (χ2v) is 4.24. The highest BCUT2D eigenvalue weighted by Gasteiger charge is 2.44. The van der Waals surface area contributed by atoms with E-state index in [-0.39, 0.29) is 5.92 Å². The third kappa shape index (κ3) is 3.89. The Bertz CT molecular complexity index is 162. The Morgan fingerprint density at radius 1 is 1.29 bits per heavy atom. The van der Waals surface area contributed by atoms with Gasteiger partial charge in [-0.15, -0.1) is 0 Å². The quantitative estimate of drug-likeness (QED) is 0.583. The van der Waals surface area contributed by atoms with Crippen LogP contribution in [-0.2, 0) is 0 Å². The van der Waals surface area contributed by atoms with Crippen LogP contribution in [0.25, 0.3) is 0 Å². The van der Waals surface area contributed by atoms with Gasteiger partial charge in [-0.1, -0.05) is 40.5 Å². The molecular formula is C11H21F3. The first kappa shape index (κ1) is 13.8. The van der Waals surface area contributed by atoms with Gasteiger partial charge >= 0.3 is 6.18 Å². The van der Waals surface area contributed by atoms with E-state index in [1.165, 1.54) is 0 Å². The summed E-state index contributed by atoms with van der Waals surface area (Å²) in [7, 11) is 0. The Hall–Kier alpha value is -0.210. The molecule has 0 heterocycles. The molecule has 0 aromatic heterocycles. The monoisotopic (exact) mass is 210 g/mol. The zero-order valence-corrected chi connectivity index (χ0v) is 9.54. The van der Waals surface area contributed by atoms with Crippen molar-refractivity contribution >= 4 is 0 Å². The van der Waals surface area contributed by atoms with Gasteiger partial charge in [0.2, 0.25) is 0 Å². The summed E-state index contributed by atoms with van der Waals surface area (Å²) in [5.41, 5.74) is -0.488. The smallest absolute Gasteiger partial charge is 0.171 e. The fraction of sp³-hybridized carbons (Fsp3) is 1.00. The van der Waals surface area contributed by atoms with Crippen LogP contribution >= 0.6 is 0 Å². The second kappa shape index (κ2) is 5.04. The van der Waals surface area contributed by atoms with Crippen molar-refractivity contribution in [2.75, 3.05) is 0 Å². The molecule has 0 N–H and O–H groups in total. The molecule has 1 fully saturated rings. The first-order valence-electron chi connectivity index (χ1n) is 5.40. The molecule has 86 valence electrons. The summed E-state index contributed by atoms with van der Waals surface area (Å²) in [5.74, 6) is 0.221. The Balaban J connectivity index is 0.000000791. The summed E-state index contributed by atoms with van der Waals surface area (Å²) >= 11 is 0. The average Bonchev–Trinajstić information content (AvgIpc) is 2.32. The number of alkyl halides is 3. The molecule has 0 aromatic carbocycles. The van der Waals surface area contributed by atoms with Crippen molar-refractivity contribution < 1.29 is 13.2 Å². The van der Waals surface area contributed by atoms with Crippen molar-refractivity contribution in [3.63, 3.8) is 0 Å². The van der Waals surface area contributed by atoms with Crippen molar-refractivity contribution in [2.24, 2.45) is 11.3 Å². The van der Waals surface area contributed by atoms with Crippen LogP contribution in [-0.4, -0.2) is 6.18 Å². The first-order valence-corrected chi connectivity index (χ1v) is 5.40. The maximum atomic E-state index is 12.1. The summed E-state index contributed by atoms with van der Waals surface area (Å²) in [6, 6.07) is 0. The van der Waals surface area contributed by atoms with Crippen molar-refractivity contribution in [3.8, 4) is 0 Å². The Kier molecular flexibility index (Phi) is 4.96. The molecule has 1 aliphatic carbocycles. The van der Waals surface area contributed by atoms with Crippen LogP contribution in [0.5, 0.6) is 0 Å². The summed E-state index contributed by atoms with van der Waals surface area (Å²) in [6.07, 6.45) is -1.97. The molecule has 0 aromatic rings. The molecule has 1 rings (SSSR count). The molecular weight excluding hydrogens is 189 g/mol. The highest BCUT2D eigenvalue weighted by atomic mass is 19.4. The van der Waals surface area contributed by atoms with E-state index in [0.717, 1.165) is 19.3 Å². The van der Waals surface area contributed by atoms with E-state index >= 15 is 0 Å². The van der Waals surface area contributed by atoms with Crippen LogP contribution in [0.1, 0.15) is 53.4 Å². The van der Waals surface area contributed by atoms with E-state index in [1.807, 2.05) is 20.8 Å². The fourth-order valence-electron chi connectivity index (χ4n) is 2.13. The third-order valence-corrected chi connectivity index (χ3v) is 3.18. The van der Waals surface area contributed by atoms with Crippen molar-refractivity contribution in [1.29, 1.82) is 0 Å². The number of hydrogen-bond acceptors (Lipinski definition) is 0. The molecule has 0 nitrogen and oxygen atoms in total. The van der Waals surface area contributed by atoms with Crippen LogP contribution in [0.2, 0.25) is 0 Å². The Morgan fingerprint density at radius 3 is 2.07 bits per heavy atom. The summed E-state index contributed by atoms with van der Waals surface area (Å²) in [4.78, 5) is 0. The number of halogens is 3. The van der Waals surface area contributed by atoms with Crippen LogP contribution in [0, 0.1) is 11.3 Å². The maximum Gasteiger partial charge on any atom is 0.389 e. The molecule has 0 bridgehead atoms. The van der Waals surface area contributed by atoms with Gasteiger partial charge in [-0.2, -0.15) is 13.2 Å². The molecule has 1 saturated carbocycles. The van der Waals surface area contributed by atoms with E-state index in [2.05, 4.69) is 0 Å². The first-order chi connectivity index (χ1) is 6.33. The molecule has 0 saturated heterocycles. The maximum absolute atomic E-state index is 12.1. The fourth-order valence-corrected chi connectivity index (χ4v) is 2.13. The SMILES string of the molecule is CC.CC1CCCC1(C)CC(F)(F)F. The molecule has 0 radical (unpaired) electrons.